The molecule has 0 fully saturated rings. The first kappa shape index (κ1) is 132. The molecule has 136 heavy (non-hydrogen) atoms. The summed E-state index contributed by atoms with van der Waals surface area (Å²) >= 11 is 0. The largest absolute Gasteiger partial charge is 0.359 e. The van der Waals surface area contributed by atoms with Crippen LogP contribution in [0.4, 0.5) is 0 Å². The number of hydrazine groups is 10. The molecular weight excluding hydrogens is 1670 g/mol. The zero-order valence-electron chi connectivity index (χ0n) is 94.3. The van der Waals surface area contributed by atoms with E-state index in [1.807, 2.05) is 31.0 Å². The highest BCUT2D eigenvalue weighted by molar-refractivity contribution is 5.82. The molecule has 0 aromatic carbocycles. The third-order valence-corrected chi connectivity index (χ3v) is 30.3. The Hall–Kier alpha value is -4.03. The number of hydrogen-bond acceptors (Lipinski definition) is 16. The number of nitrogens with zero attached hydrogens (tertiary/aromatic N) is 5. The molecule has 11 N–H and O–H groups in total. The molecule has 806 valence electrons. The maximum atomic E-state index is 12.1. The average Bonchev–Trinajstić information content (AvgIpc) is 1.17. The number of nitrogens with one attached hydrogen (secondary N) is 11. The lowest BCUT2D eigenvalue weighted by atomic mass is 9.77. The molecule has 17 nitrogen and oxygen atoms in total. The Morgan fingerprint density at radius 1 is 0.265 bits per heavy atom. The second-order valence-electron chi connectivity index (χ2n) is 43.0. The van der Waals surface area contributed by atoms with E-state index in [9.17, 15) is 4.79 Å². The molecule has 0 aromatic heterocycles. The third-order valence-electron chi connectivity index (χ3n) is 30.3. The van der Waals surface area contributed by atoms with Gasteiger partial charge in [-0.25, -0.2) is 0 Å². The Kier molecular flexibility index (Phi) is 99.4. The van der Waals surface area contributed by atoms with Gasteiger partial charge in [0.25, 0.3) is 0 Å². The van der Waals surface area contributed by atoms with E-state index in [0.29, 0.717) is 12.1 Å². The summed E-state index contributed by atoms with van der Waals surface area (Å²) in [6.45, 7) is 33.0. The second kappa shape index (κ2) is 102. The minimum atomic E-state index is -0.118. The predicted molar refractivity (Wildman–Crippen MR) is 602 cm³/mol. The summed E-state index contributed by atoms with van der Waals surface area (Å²) in [6, 6.07) is 1.22. The number of carbonyl (C=O) groups is 1. The molecule has 3 unspecified atom stereocenters. The summed E-state index contributed by atoms with van der Waals surface area (Å²) in [5.74, 6) is 0.241. The Morgan fingerprint density at radius 2 is 0.522 bits per heavy atom. The van der Waals surface area contributed by atoms with Crippen LogP contribution in [0, 0.1) is 5.41 Å². The van der Waals surface area contributed by atoms with Crippen LogP contribution in [-0.4, -0.2) is 67.7 Å². The molecule has 0 saturated carbocycles. The van der Waals surface area contributed by atoms with Crippen LogP contribution in [0.1, 0.15) is 656 Å². The number of carbonyl (C=O) groups excluding carboxylic acids is 1. The van der Waals surface area contributed by atoms with Gasteiger partial charge >= 0.3 is 0 Å². The number of amides is 1. The van der Waals surface area contributed by atoms with E-state index < -0.39 is 0 Å². The van der Waals surface area contributed by atoms with Gasteiger partial charge in [0.2, 0.25) is 5.91 Å². The van der Waals surface area contributed by atoms with Gasteiger partial charge in [0, 0.05) is 93.1 Å². The molecule has 0 saturated heterocycles. The molecule has 5 rings (SSSR count). The van der Waals surface area contributed by atoms with Crippen molar-refractivity contribution in [1.29, 1.82) is 0 Å². The van der Waals surface area contributed by atoms with E-state index in [0.717, 1.165) is 25.8 Å². The molecule has 0 bridgehead atoms. The zero-order chi connectivity index (χ0) is 99.2. The number of hydrogen-bond donors (Lipinski definition) is 11. The molecule has 0 aliphatic carbocycles. The fourth-order valence-corrected chi connectivity index (χ4v) is 19.9. The van der Waals surface area contributed by atoms with Crippen molar-refractivity contribution in [2.24, 2.45) is 5.41 Å². The molecule has 5 heterocycles. The molecule has 0 spiro atoms. The Bertz CT molecular complexity index is 2550. The van der Waals surface area contributed by atoms with Crippen LogP contribution in [-0.2, 0) is 4.79 Å². The summed E-state index contributed by atoms with van der Waals surface area (Å²) in [6.07, 6.45) is 141. The molecule has 3 atom stereocenters. The lowest BCUT2D eigenvalue weighted by Crippen LogP contribution is -2.50. The van der Waals surface area contributed by atoms with Gasteiger partial charge in [-0.1, -0.05) is 564 Å². The summed E-state index contributed by atoms with van der Waals surface area (Å²) in [5.41, 5.74) is 31.1. The van der Waals surface area contributed by atoms with Gasteiger partial charge in [-0.15, -0.1) is 27.7 Å². The van der Waals surface area contributed by atoms with E-state index in [-0.39, 0.29) is 22.4 Å². The van der Waals surface area contributed by atoms with E-state index in [2.05, 4.69) is 213 Å². The minimum Gasteiger partial charge on any atom is -0.359 e. The maximum absolute atomic E-state index is 12.1. The molecule has 0 aromatic rings. The van der Waals surface area contributed by atoms with E-state index >= 15 is 0 Å². The van der Waals surface area contributed by atoms with Gasteiger partial charge in [-0.05, 0) is 91.9 Å². The fourth-order valence-electron chi connectivity index (χ4n) is 19.9. The first-order chi connectivity index (χ1) is 66.7. The summed E-state index contributed by atoms with van der Waals surface area (Å²) in [4.78, 5) is 12.1. The van der Waals surface area contributed by atoms with Crippen molar-refractivity contribution in [2.45, 2.75) is 679 Å². The Labute approximate surface area is 850 Å². The third kappa shape index (κ3) is 81.4. The SMILES string of the molecule is CCCCCCCCCCCCCCC(CC)(CC)C(=O)NC.CCCCCCCCCCCCCCCC(C)(C)N1C=CNN1.CCCCCCCCCCCCCCCC(C)(CC)N1C=CNN1.CCCCCCCCCCCCCCCC(C)N1C=CNN1.CCCCCCCCCCCCCCCC(CC)N1C=CNN1.CCCCCCCCCCCCCCCCN1C=CNN1. The monoisotopic (exact) mass is 1910 g/mol. The second-order valence-corrected chi connectivity index (χ2v) is 43.0. The van der Waals surface area contributed by atoms with Crippen molar-refractivity contribution in [2.75, 3.05) is 13.6 Å². The van der Waals surface area contributed by atoms with Gasteiger partial charge < -0.3 is 32.4 Å². The summed E-state index contributed by atoms with van der Waals surface area (Å²) in [5, 5.41) is 13.7. The van der Waals surface area contributed by atoms with Crippen LogP contribution in [0.2, 0.25) is 0 Å². The van der Waals surface area contributed by atoms with Crippen LogP contribution in [0.15, 0.2) is 62.0 Å². The van der Waals surface area contributed by atoms with Crippen LogP contribution in [0.5, 0.6) is 0 Å². The van der Waals surface area contributed by atoms with Crippen molar-refractivity contribution in [3.8, 4) is 0 Å². The summed E-state index contributed by atoms with van der Waals surface area (Å²) < 4.78 is 0. The smallest absolute Gasteiger partial charge is 0.225 e. The molecule has 1 amide bonds. The zero-order valence-corrected chi connectivity index (χ0v) is 94.3. The van der Waals surface area contributed by atoms with E-state index in [1.165, 1.54) is 539 Å². The van der Waals surface area contributed by atoms with Crippen LogP contribution in [0.3, 0.4) is 0 Å². The van der Waals surface area contributed by atoms with Crippen molar-refractivity contribution >= 4 is 5.91 Å². The molecule has 0 radical (unpaired) electrons. The topological polar surface area (TPSA) is 166 Å². The highest BCUT2D eigenvalue weighted by Gasteiger charge is 2.34. The van der Waals surface area contributed by atoms with Gasteiger partial charge in [0.05, 0.1) is 11.1 Å². The van der Waals surface area contributed by atoms with Gasteiger partial charge in [-0.2, -0.15) is 0 Å². The van der Waals surface area contributed by atoms with Crippen LogP contribution in [0.25, 0.3) is 0 Å². The standard InChI is InChI=1S/C21H43N3.C21H43NO.2C20H41N3.C19H39N3.C18H37N3/c1-4-6-7-8-9-10-11-12-13-14-15-16-17-18-21(3,5-2)24-20-19-22-23-24;1-5-8-9-10-11-12-13-14-15-16-17-18-19-21(6-2,7-3)20(23)22-4;1-4-5-6-7-8-9-10-11-12-13-14-15-16-17-20(2,3)23-19-18-21-22-23;1-3-5-6-7-8-9-10-11-12-13-14-15-16-17-20(4-2)23-19-18-21-22-23;1-3-4-5-6-7-8-9-10-11-12-13-14-15-16-19(2)22-18-17-20-21-22;1-2-3-4-5-6-7-8-9-10-11-12-13-14-15-17-21-18-16-19-20-21/h19-20,22-23H,4-18H2,1-3H3;5-19H2,1-4H3,(H,22,23);18-19,21-22H,4-17H2,1-3H3;18-22H,3-17H2,1-2H3;17-21H,3-16H2,1-2H3;16,18-20H,2-15,17H2,1H3. The highest BCUT2D eigenvalue weighted by Crippen LogP contribution is 2.34. The van der Waals surface area contributed by atoms with Crippen molar-refractivity contribution in [3.05, 3.63) is 62.0 Å². The van der Waals surface area contributed by atoms with E-state index in [4.69, 9.17) is 0 Å². The van der Waals surface area contributed by atoms with Crippen molar-refractivity contribution < 1.29 is 4.79 Å². The first-order valence-corrected chi connectivity index (χ1v) is 60.7. The first-order valence-electron chi connectivity index (χ1n) is 60.7. The lowest BCUT2D eigenvalue weighted by Gasteiger charge is -2.37. The molecule has 17 heteroatoms. The summed E-state index contributed by atoms with van der Waals surface area (Å²) in [7, 11) is 1.77. The molecule has 5 aliphatic heterocycles. The normalized spacial score (nSPS) is 14.5. The minimum absolute atomic E-state index is 0.118. The van der Waals surface area contributed by atoms with Gasteiger partial charge in [0.15, 0.2) is 0 Å². The molecular formula is C119H244N16O. The average molecular weight is 1920 g/mol. The van der Waals surface area contributed by atoms with Crippen LogP contribution >= 0.6 is 0 Å². The quantitative estimate of drug-likeness (QED) is 0.0260. The Balaban J connectivity index is 0.00000161. The number of unbranched alkanes of at least 4 members (excludes halogenated alkanes) is 72. The van der Waals surface area contributed by atoms with Crippen molar-refractivity contribution in [1.82, 2.24) is 85.2 Å². The van der Waals surface area contributed by atoms with Gasteiger partial charge in [0.1, 0.15) is 0 Å². The number of rotatable bonds is 93. The maximum Gasteiger partial charge on any atom is 0.225 e. The van der Waals surface area contributed by atoms with Gasteiger partial charge in [-0.3, -0.25) is 29.8 Å². The lowest BCUT2D eigenvalue weighted by molar-refractivity contribution is -0.131. The fraction of sp³-hybridized carbons (Fsp3) is 0.908. The van der Waals surface area contributed by atoms with Crippen LogP contribution < -0.4 is 60.1 Å². The molecule has 5 aliphatic rings. The van der Waals surface area contributed by atoms with E-state index in [1.54, 1.807) is 7.05 Å². The highest BCUT2D eigenvalue weighted by atomic mass is 16.2. The predicted octanol–water partition coefficient (Wildman–Crippen LogP) is 36.1. The van der Waals surface area contributed by atoms with Crippen molar-refractivity contribution in [3.63, 3.8) is 0 Å². The Morgan fingerprint density at radius 3 is 0.794 bits per heavy atom.